The number of benzene rings is 7. The highest BCUT2D eigenvalue weighted by Crippen LogP contribution is 2.50. The van der Waals surface area contributed by atoms with Crippen molar-refractivity contribution in [2.75, 3.05) is 0 Å². The van der Waals surface area contributed by atoms with Crippen LogP contribution >= 0.6 is 11.3 Å². The molecule has 0 fully saturated rings. The smallest absolute Gasteiger partial charge is 0.238 e. The predicted octanol–water partition coefficient (Wildman–Crippen LogP) is 12.8. The summed E-state index contributed by atoms with van der Waals surface area (Å²) in [6.45, 7) is 0. The molecule has 0 aliphatic rings. The van der Waals surface area contributed by atoms with E-state index in [2.05, 4.69) is 155 Å². The van der Waals surface area contributed by atoms with Gasteiger partial charge in [0.05, 0.1) is 22.1 Å². The van der Waals surface area contributed by atoms with Gasteiger partial charge >= 0.3 is 0 Å². The maximum Gasteiger partial charge on any atom is 0.238 e. The second-order valence-corrected chi connectivity index (χ2v) is 15.2. The first-order valence-corrected chi connectivity index (χ1v) is 19.8. The van der Waals surface area contributed by atoms with Gasteiger partial charge in [0.15, 0.2) is 11.6 Å². The first-order valence-electron chi connectivity index (χ1n) is 19.0. The van der Waals surface area contributed by atoms with E-state index in [1.165, 1.54) is 15.5 Å². The fourth-order valence-corrected chi connectivity index (χ4v) is 9.78. The van der Waals surface area contributed by atoms with E-state index >= 15 is 0 Å². The van der Waals surface area contributed by atoms with Gasteiger partial charge in [0.2, 0.25) is 5.95 Å². The number of fused-ring (bicyclic) bond motifs is 12. The molecular weight excluding hydrogens is 717 g/mol. The molecule has 7 heteroatoms. The van der Waals surface area contributed by atoms with Crippen molar-refractivity contribution in [3.63, 3.8) is 0 Å². The molecule has 0 unspecified atom stereocenters. The zero-order valence-corrected chi connectivity index (χ0v) is 31.2. The quantitative estimate of drug-likeness (QED) is 0.176. The molecule has 12 rings (SSSR count). The number of nitrogens with zero attached hydrogens (tertiary/aromatic N) is 6. The summed E-state index contributed by atoms with van der Waals surface area (Å²) < 4.78 is 5.90. The largest absolute Gasteiger partial charge is 0.308 e. The van der Waals surface area contributed by atoms with E-state index in [1.54, 1.807) is 11.3 Å². The van der Waals surface area contributed by atoms with Gasteiger partial charge in [-0.2, -0.15) is 9.97 Å². The van der Waals surface area contributed by atoms with Crippen LogP contribution in [0.25, 0.3) is 109 Å². The fourth-order valence-electron chi connectivity index (χ4n) is 8.57. The Kier molecular flexibility index (Phi) is 7.00. The molecule has 6 nitrogen and oxygen atoms in total. The van der Waals surface area contributed by atoms with E-state index in [0.717, 1.165) is 76.4 Å². The van der Waals surface area contributed by atoms with Crippen LogP contribution in [0.4, 0.5) is 0 Å². The Bertz CT molecular complexity index is 3500. The van der Waals surface area contributed by atoms with Crippen LogP contribution in [0.5, 0.6) is 0 Å². The van der Waals surface area contributed by atoms with Gasteiger partial charge in [-0.1, -0.05) is 140 Å². The van der Waals surface area contributed by atoms with Crippen LogP contribution in [0.15, 0.2) is 182 Å². The molecule has 0 bridgehead atoms. The van der Waals surface area contributed by atoms with Crippen molar-refractivity contribution in [2.45, 2.75) is 0 Å². The summed E-state index contributed by atoms with van der Waals surface area (Å²) in [4.78, 5) is 21.8. The molecule has 7 aromatic carbocycles. The topological polar surface area (TPSA) is 61.4 Å². The van der Waals surface area contributed by atoms with E-state index in [0.29, 0.717) is 17.6 Å². The monoisotopic (exact) mass is 746 g/mol. The van der Waals surface area contributed by atoms with Gasteiger partial charge in [0.25, 0.3) is 0 Å². The third-order valence-corrected chi connectivity index (χ3v) is 12.2. The minimum Gasteiger partial charge on any atom is -0.308 e. The molecule has 0 amide bonds. The number of aromatic nitrogens is 6. The lowest BCUT2D eigenvalue weighted by molar-refractivity contribution is 0.955. The van der Waals surface area contributed by atoms with E-state index in [1.807, 2.05) is 36.5 Å². The first-order chi connectivity index (χ1) is 28.3. The van der Waals surface area contributed by atoms with E-state index in [-0.39, 0.29) is 0 Å². The van der Waals surface area contributed by atoms with Gasteiger partial charge in [-0.3, -0.25) is 4.57 Å². The molecule has 5 heterocycles. The predicted molar refractivity (Wildman–Crippen MR) is 235 cm³/mol. The van der Waals surface area contributed by atoms with Crippen molar-refractivity contribution >= 4 is 75.3 Å². The zero-order valence-electron chi connectivity index (χ0n) is 30.4. The highest BCUT2D eigenvalue weighted by molar-refractivity contribution is 7.26. The van der Waals surface area contributed by atoms with E-state index in [4.69, 9.17) is 19.9 Å². The van der Waals surface area contributed by atoms with Crippen LogP contribution in [-0.4, -0.2) is 29.1 Å². The number of hydrogen-bond acceptors (Lipinski definition) is 5. The summed E-state index contributed by atoms with van der Waals surface area (Å²) in [5, 5.41) is 6.96. The Balaban J connectivity index is 1.25. The Hall–Kier alpha value is -7.48. The lowest BCUT2D eigenvalue weighted by atomic mass is 10.0. The van der Waals surface area contributed by atoms with Crippen LogP contribution < -0.4 is 0 Å². The summed E-state index contributed by atoms with van der Waals surface area (Å²) in [5.41, 5.74) is 9.62. The Morgan fingerprint density at radius 1 is 0.386 bits per heavy atom. The molecule has 57 heavy (non-hydrogen) atoms. The number of hydrogen-bond donors (Lipinski definition) is 0. The molecule has 0 N–H and O–H groups in total. The highest BCUT2D eigenvalue weighted by atomic mass is 32.1. The zero-order chi connectivity index (χ0) is 37.5. The van der Waals surface area contributed by atoms with Gasteiger partial charge in [-0.25, -0.2) is 9.97 Å². The Labute approximate surface area is 330 Å². The van der Waals surface area contributed by atoms with Gasteiger partial charge in [-0.15, -0.1) is 11.3 Å². The fraction of sp³-hybridized carbons (Fsp3) is 0. The molecule has 266 valence electrons. The summed E-state index contributed by atoms with van der Waals surface area (Å²) in [6, 6.07) is 61.5. The van der Waals surface area contributed by atoms with Gasteiger partial charge < -0.3 is 4.57 Å². The SMILES string of the molecule is c1ccc(-c2ccc(-c3nc(-c4ccccc4)nc(-n4c5ccccc5c5c6c(c7ccccc7n6-c6ccccc6)c6sc7ncccc7c6c54)n3)cc2)cc1. The minimum atomic E-state index is 0.559. The van der Waals surface area contributed by atoms with Crippen LogP contribution in [0.3, 0.4) is 0 Å². The molecule has 0 spiro atoms. The van der Waals surface area contributed by atoms with Crippen molar-refractivity contribution in [2.24, 2.45) is 0 Å². The summed E-state index contributed by atoms with van der Waals surface area (Å²) in [7, 11) is 0. The number of para-hydroxylation sites is 3. The first kappa shape index (κ1) is 31.8. The normalized spacial score (nSPS) is 11.9. The standard InChI is InChI=1S/C50H30N6S/c1-4-15-31(16-5-1)32-26-28-34(29-27-32)48-52-47(33-17-6-2-7-18-33)53-50(54-48)56-40-25-13-10-21-36(40)41-44-42(46-43(45(41)56)38-23-14-30-51-49(38)57-46)37-22-11-12-24-39(37)55(44)35-19-8-3-9-20-35/h1-30H. The van der Waals surface area contributed by atoms with Crippen molar-refractivity contribution in [3.8, 4) is 45.5 Å². The average Bonchev–Trinajstić information content (AvgIpc) is 3.95. The second kappa shape index (κ2) is 12.5. The van der Waals surface area contributed by atoms with Crippen LogP contribution in [-0.2, 0) is 0 Å². The van der Waals surface area contributed by atoms with Crippen LogP contribution in [0.2, 0.25) is 0 Å². The third kappa shape index (κ3) is 4.83. The van der Waals surface area contributed by atoms with Crippen LogP contribution in [0.1, 0.15) is 0 Å². The lowest BCUT2D eigenvalue weighted by Gasteiger charge is -2.13. The maximum atomic E-state index is 5.37. The summed E-state index contributed by atoms with van der Waals surface area (Å²) in [6.07, 6.45) is 1.89. The Morgan fingerprint density at radius 3 is 1.58 bits per heavy atom. The summed E-state index contributed by atoms with van der Waals surface area (Å²) >= 11 is 1.75. The average molecular weight is 747 g/mol. The van der Waals surface area contributed by atoms with Gasteiger partial charge in [0.1, 0.15) is 4.83 Å². The van der Waals surface area contributed by atoms with Crippen molar-refractivity contribution in [3.05, 3.63) is 182 Å². The number of rotatable bonds is 5. The number of pyridine rings is 1. The molecule has 0 saturated heterocycles. The highest BCUT2D eigenvalue weighted by Gasteiger charge is 2.28. The third-order valence-electron chi connectivity index (χ3n) is 11.0. The minimum absolute atomic E-state index is 0.559. The van der Waals surface area contributed by atoms with Crippen molar-refractivity contribution < 1.29 is 0 Å². The van der Waals surface area contributed by atoms with Crippen molar-refractivity contribution in [1.29, 1.82) is 0 Å². The van der Waals surface area contributed by atoms with Crippen LogP contribution in [0, 0.1) is 0 Å². The summed E-state index contributed by atoms with van der Waals surface area (Å²) in [5.74, 6) is 1.78. The second-order valence-electron chi connectivity index (χ2n) is 14.2. The molecule has 12 aromatic rings. The van der Waals surface area contributed by atoms with Crippen molar-refractivity contribution in [1.82, 2.24) is 29.1 Å². The van der Waals surface area contributed by atoms with Gasteiger partial charge in [0, 0.05) is 60.0 Å². The molecule has 5 aromatic heterocycles. The number of thiophene rings is 1. The molecule has 0 aliphatic heterocycles. The van der Waals surface area contributed by atoms with E-state index in [9.17, 15) is 0 Å². The molecule has 0 radical (unpaired) electrons. The van der Waals surface area contributed by atoms with Gasteiger partial charge in [-0.05, 0) is 47.5 Å². The lowest BCUT2D eigenvalue weighted by Crippen LogP contribution is -2.06. The molecular formula is C50H30N6S. The molecule has 0 aliphatic carbocycles. The molecule has 0 atom stereocenters. The van der Waals surface area contributed by atoms with E-state index < -0.39 is 0 Å². The molecule has 0 saturated carbocycles. The maximum absolute atomic E-state index is 5.37. The Morgan fingerprint density at radius 2 is 0.877 bits per heavy atom.